The van der Waals surface area contributed by atoms with Crippen molar-refractivity contribution < 1.29 is 5.11 Å². The van der Waals surface area contributed by atoms with Gasteiger partial charge in [-0.3, -0.25) is 0 Å². The second-order valence-electron chi connectivity index (χ2n) is 5.54. The topological polar surface area (TPSA) is 26.7 Å². The van der Waals surface area contributed by atoms with Gasteiger partial charge < -0.3 is 14.9 Å². The lowest BCUT2D eigenvalue weighted by Gasteiger charge is -2.28. The molecule has 1 aliphatic rings. The fourth-order valence-corrected chi connectivity index (χ4v) is 3.42. The van der Waals surface area contributed by atoms with E-state index in [4.69, 9.17) is 0 Å². The Hall–Kier alpha value is -0.580. The van der Waals surface area contributed by atoms with Gasteiger partial charge in [-0.05, 0) is 67.0 Å². The van der Waals surface area contributed by atoms with E-state index in [1.807, 2.05) is 12.1 Å². The summed E-state index contributed by atoms with van der Waals surface area (Å²) >= 11 is 3.61. The van der Waals surface area contributed by atoms with Gasteiger partial charge in [0.2, 0.25) is 0 Å². The minimum absolute atomic E-state index is 0.420. The first-order valence-electron chi connectivity index (χ1n) is 6.88. The van der Waals surface area contributed by atoms with E-state index >= 15 is 0 Å². The summed E-state index contributed by atoms with van der Waals surface area (Å²) in [5.74, 6) is 0. The molecule has 1 heterocycles. The Morgan fingerprint density at radius 3 is 2.79 bits per heavy atom. The maximum absolute atomic E-state index is 9.60. The van der Waals surface area contributed by atoms with Crippen molar-refractivity contribution in [2.45, 2.75) is 31.9 Å². The molecule has 1 aliphatic heterocycles. The van der Waals surface area contributed by atoms with Crippen molar-refractivity contribution >= 4 is 21.6 Å². The van der Waals surface area contributed by atoms with Crippen molar-refractivity contribution in [1.82, 2.24) is 4.90 Å². The second kappa shape index (κ2) is 6.25. The average Bonchev–Trinajstić information content (AvgIpc) is 2.74. The van der Waals surface area contributed by atoms with Gasteiger partial charge in [-0.15, -0.1) is 0 Å². The molecule has 0 aliphatic carbocycles. The number of nitrogens with zero attached hydrogens (tertiary/aromatic N) is 2. The zero-order valence-corrected chi connectivity index (χ0v) is 13.5. The van der Waals surface area contributed by atoms with Gasteiger partial charge in [-0.1, -0.05) is 6.07 Å². The van der Waals surface area contributed by atoms with Gasteiger partial charge in [0.1, 0.15) is 0 Å². The lowest BCUT2D eigenvalue weighted by molar-refractivity contribution is 0.199. The van der Waals surface area contributed by atoms with Crippen LogP contribution in [0.5, 0.6) is 0 Å². The molecule has 0 radical (unpaired) electrons. The van der Waals surface area contributed by atoms with Crippen LogP contribution in [0.25, 0.3) is 0 Å². The fraction of sp³-hybridized carbons (Fsp3) is 0.600. The number of aliphatic hydroxyl groups is 1. The Morgan fingerprint density at radius 1 is 1.53 bits per heavy atom. The van der Waals surface area contributed by atoms with E-state index in [-0.39, 0.29) is 0 Å². The summed E-state index contributed by atoms with van der Waals surface area (Å²) < 4.78 is 1.05. The standard InChI is InChI=1S/C15H23BrN2O/c1-11(19)12-6-7-15(14(16)9-12)18(3)10-13-5-4-8-17(13)2/h6-7,9,11,13,19H,4-5,8,10H2,1-3H3. The molecule has 2 unspecified atom stereocenters. The highest BCUT2D eigenvalue weighted by Gasteiger charge is 2.22. The minimum Gasteiger partial charge on any atom is -0.389 e. The van der Waals surface area contributed by atoms with Crippen LogP contribution in [-0.2, 0) is 0 Å². The quantitative estimate of drug-likeness (QED) is 0.921. The molecule has 0 bridgehead atoms. The Kier molecular flexibility index (Phi) is 4.87. The van der Waals surface area contributed by atoms with E-state index in [0.29, 0.717) is 6.04 Å². The number of rotatable bonds is 4. The highest BCUT2D eigenvalue weighted by Crippen LogP contribution is 2.29. The van der Waals surface area contributed by atoms with Crippen LogP contribution >= 0.6 is 15.9 Å². The third-order valence-electron chi connectivity index (χ3n) is 4.02. The van der Waals surface area contributed by atoms with Crippen LogP contribution in [0.4, 0.5) is 5.69 Å². The minimum atomic E-state index is -0.420. The number of likely N-dealkylation sites (tertiary alicyclic amines) is 1. The molecule has 3 nitrogen and oxygen atoms in total. The van der Waals surface area contributed by atoms with Crippen molar-refractivity contribution in [3.8, 4) is 0 Å². The number of aliphatic hydroxyl groups excluding tert-OH is 1. The smallest absolute Gasteiger partial charge is 0.0762 e. The summed E-state index contributed by atoms with van der Waals surface area (Å²) in [6, 6.07) is 6.74. The van der Waals surface area contributed by atoms with Crippen molar-refractivity contribution in [3.05, 3.63) is 28.2 Å². The van der Waals surface area contributed by atoms with Crippen molar-refractivity contribution in [1.29, 1.82) is 0 Å². The molecule has 19 heavy (non-hydrogen) atoms. The lowest BCUT2D eigenvalue weighted by Crippen LogP contribution is -2.36. The van der Waals surface area contributed by atoms with Gasteiger partial charge in [-0.2, -0.15) is 0 Å². The molecule has 0 spiro atoms. The van der Waals surface area contributed by atoms with Crippen LogP contribution in [0.3, 0.4) is 0 Å². The SMILES string of the molecule is CC(O)c1ccc(N(C)CC2CCCN2C)c(Br)c1. The van der Waals surface area contributed by atoms with E-state index in [1.54, 1.807) is 6.92 Å². The molecule has 0 aromatic heterocycles. The Bertz CT molecular complexity index is 436. The molecule has 4 heteroatoms. The van der Waals surface area contributed by atoms with E-state index in [0.717, 1.165) is 16.6 Å². The molecule has 1 aromatic carbocycles. The van der Waals surface area contributed by atoms with Gasteiger partial charge in [0.25, 0.3) is 0 Å². The number of hydrogen-bond acceptors (Lipinski definition) is 3. The Balaban J connectivity index is 2.08. The fourth-order valence-electron chi connectivity index (χ4n) is 2.72. The van der Waals surface area contributed by atoms with Crippen molar-refractivity contribution in [3.63, 3.8) is 0 Å². The average molecular weight is 327 g/mol. The number of anilines is 1. The molecule has 1 fully saturated rings. The van der Waals surface area contributed by atoms with Crippen LogP contribution in [0.1, 0.15) is 31.4 Å². The molecular weight excluding hydrogens is 304 g/mol. The normalized spacial score (nSPS) is 21.6. The van der Waals surface area contributed by atoms with E-state index in [2.05, 4.69) is 45.9 Å². The zero-order valence-electron chi connectivity index (χ0n) is 11.9. The van der Waals surface area contributed by atoms with E-state index in [1.165, 1.54) is 25.1 Å². The summed E-state index contributed by atoms with van der Waals surface area (Å²) in [6.45, 7) is 4.04. The van der Waals surface area contributed by atoms with Crippen molar-refractivity contribution in [2.24, 2.45) is 0 Å². The predicted molar refractivity (Wildman–Crippen MR) is 83.7 cm³/mol. The molecule has 1 saturated heterocycles. The first-order chi connectivity index (χ1) is 8.99. The summed E-state index contributed by atoms with van der Waals surface area (Å²) in [4.78, 5) is 4.73. The van der Waals surface area contributed by atoms with Gasteiger partial charge in [0.15, 0.2) is 0 Å². The molecule has 0 amide bonds. The molecule has 1 aromatic rings. The highest BCUT2D eigenvalue weighted by atomic mass is 79.9. The molecule has 2 atom stereocenters. The second-order valence-corrected chi connectivity index (χ2v) is 6.40. The summed E-state index contributed by atoms with van der Waals surface area (Å²) in [7, 11) is 4.34. The third kappa shape index (κ3) is 3.50. The summed E-state index contributed by atoms with van der Waals surface area (Å²) in [5, 5.41) is 9.60. The zero-order chi connectivity index (χ0) is 14.0. The molecule has 1 N–H and O–H groups in total. The Labute approximate surface area is 124 Å². The molecular formula is C15H23BrN2O. The van der Waals surface area contributed by atoms with Crippen LogP contribution in [0.2, 0.25) is 0 Å². The van der Waals surface area contributed by atoms with Crippen LogP contribution in [-0.4, -0.2) is 43.2 Å². The van der Waals surface area contributed by atoms with Gasteiger partial charge in [0, 0.05) is 24.1 Å². The molecule has 2 rings (SSSR count). The van der Waals surface area contributed by atoms with Crippen LogP contribution in [0, 0.1) is 0 Å². The molecule has 106 valence electrons. The maximum Gasteiger partial charge on any atom is 0.0762 e. The largest absolute Gasteiger partial charge is 0.389 e. The number of hydrogen-bond donors (Lipinski definition) is 1. The Morgan fingerprint density at radius 2 is 2.26 bits per heavy atom. The van der Waals surface area contributed by atoms with Crippen LogP contribution < -0.4 is 4.90 Å². The summed E-state index contributed by atoms with van der Waals surface area (Å²) in [5.41, 5.74) is 2.13. The lowest BCUT2D eigenvalue weighted by atomic mass is 10.1. The number of likely N-dealkylation sites (N-methyl/N-ethyl adjacent to an activating group) is 2. The van der Waals surface area contributed by atoms with Gasteiger partial charge in [0.05, 0.1) is 11.8 Å². The van der Waals surface area contributed by atoms with Crippen LogP contribution in [0.15, 0.2) is 22.7 Å². The van der Waals surface area contributed by atoms with E-state index < -0.39 is 6.10 Å². The van der Waals surface area contributed by atoms with E-state index in [9.17, 15) is 5.11 Å². The monoisotopic (exact) mass is 326 g/mol. The maximum atomic E-state index is 9.60. The van der Waals surface area contributed by atoms with Crippen molar-refractivity contribution in [2.75, 3.05) is 32.1 Å². The first kappa shape index (κ1) is 14.8. The predicted octanol–water partition coefficient (Wildman–Crippen LogP) is 3.03. The van der Waals surface area contributed by atoms with Gasteiger partial charge >= 0.3 is 0 Å². The third-order valence-corrected chi connectivity index (χ3v) is 4.66. The number of benzene rings is 1. The summed E-state index contributed by atoms with van der Waals surface area (Å²) in [6.07, 6.45) is 2.16. The first-order valence-corrected chi connectivity index (χ1v) is 7.67. The van der Waals surface area contributed by atoms with Gasteiger partial charge in [-0.25, -0.2) is 0 Å². The number of halogens is 1. The molecule has 0 saturated carbocycles. The highest BCUT2D eigenvalue weighted by molar-refractivity contribution is 9.10.